The second-order valence-electron chi connectivity index (χ2n) is 2.73. The highest BCUT2D eigenvalue weighted by Gasteiger charge is 2.20. The van der Waals surface area contributed by atoms with Gasteiger partial charge in [0, 0.05) is 18.5 Å². The van der Waals surface area contributed by atoms with Crippen molar-refractivity contribution >= 4 is 31.2 Å². The molecule has 0 unspecified atom stereocenters. The lowest BCUT2D eigenvalue weighted by Gasteiger charge is -2.16. The number of nitrogens with zero attached hydrogens (tertiary/aromatic N) is 4. The Morgan fingerprint density at radius 3 is 3.50 bits per heavy atom. The number of imidazole rings is 1. The fourth-order valence-corrected chi connectivity index (χ4v) is 1.31. The van der Waals surface area contributed by atoms with E-state index in [4.69, 9.17) is 4.65 Å². The van der Waals surface area contributed by atoms with Crippen molar-refractivity contribution in [1.29, 1.82) is 0 Å². The zero-order valence-corrected chi connectivity index (χ0v) is 7.08. The molecular formula is C8H4BN4O. The average Bonchev–Trinajstić information content (AvgIpc) is 2.55. The van der Waals surface area contributed by atoms with E-state index in [1.54, 1.807) is 19.8 Å². The summed E-state index contributed by atoms with van der Waals surface area (Å²) in [6.45, 7) is 0. The Kier molecular flexibility index (Phi) is 1.43. The Bertz CT molecular complexity index is 507. The van der Waals surface area contributed by atoms with Gasteiger partial charge in [-0.2, -0.15) is 4.99 Å². The number of hydrogen-bond donors (Lipinski definition) is 0. The van der Waals surface area contributed by atoms with Crippen LogP contribution in [0.5, 0.6) is 0 Å². The van der Waals surface area contributed by atoms with E-state index in [2.05, 4.69) is 20.8 Å². The molecule has 5 nitrogen and oxygen atoms in total. The molecule has 0 fully saturated rings. The van der Waals surface area contributed by atoms with Crippen molar-refractivity contribution in [2.45, 2.75) is 0 Å². The summed E-state index contributed by atoms with van der Waals surface area (Å²) in [5, 5.41) is 0. The Labute approximate surface area is 80.4 Å². The summed E-state index contributed by atoms with van der Waals surface area (Å²) in [5.74, 6) is 3.98. The summed E-state index contributed by atoms with van der Waals surface area (Å²) in [6.07, 6.45) is 6.58. The summed E-state index contributed by atoms with van der Waals surface area (Å²) < 4.78 is 7.15. The summed E-state index contributed by atoms with van der Waals surface area (Å²) in [6, 6.07) is 0. The molecule has 0 aliphatic carbocycles. The second-order valence-corrected chi connectivity index (χ2v) is 2.73. The van der Waals surface area contributed by atoms with Crippen molar-refractivity contribution in [3.05, 3.63) is 24.2 Å². The van der Waals surface area contributed by atoms with Gasteiger partial charge in [0.1, 0.15) is 12.1 Å². The molecule has 14 heavy (non-hydrogen) atoms. The third-order valence-corrected chi connectivity index (χ3v) is 1.92. The van der Waals surface area contributed by atoms with Gasteiger partial charge < -0.3 is 4.65 Å². The fourth-order valence-electron chi connectivity index (χ4n) is 1.31. The SMILES string of the molecule is [B]1OC2=C(N=CN=C=C2)n2ccnc21. The van der Waals surface area contributed by atoms with Crippen molar-refractivity contribution in [2.75, 3.05) is 0 Å². The molecule has 1 aromatic rings. The van der Waals surface area contributed by atoms with Crippen LogP contribution in [0.25, 0.3) is 5.82 Å². The normalized spacial score (nSPS) is 16.9. The molecule has 0 atom stereocenters. The molecule has 2 aliphatic heterocycles. The maximum Gasteiger partial charge on any atom is 0.450 e. The molecule has 0 bridgehead atoms. The minimum absolute atomic E-state index is 0.619. The van der Waals surface area contributed by atoms with Gasteiger partial charge in [-0.05, 0) is 5.87 Å². The first-order chi connectivity index (χ1) is 6.95. The number of allylic oxidation sites excluding steroid dienone is 1. The molecule has 0 spiro atoms. The molecule has 0 amide bonds. The van der Waals surface area contributed by atoms with Crippen LogP contribution in [0.3, 0.4) is 0 Å². The first-order valence-electron chi connectivity index (χ1n) is 4.04. The highest BCUT2D eigenvalue weighted by atomic mass is 16.4. The molecule has 0 saturated heterocycles. The van der Waals surface area contributed by atoms with Crippen LogP contribution in [-0.4, -0.2) is 29.2 Å². The minimum Gasteiger partial charge on any atom is -0.552 e. The van der Waals surface area contributed by atoms with Crippen LogP contribution in [0, 0.1) is 0 Å². The molecule has 3 rings (SSSR count). The Morgan fingerprint density at radius 1 is 1.50 bits per heavy atom. The maximum atomic E-state index is 5.33. The monoisotopic (exact) mass is 183 g/mol. The lowest BCUT2D eigenvalue weighted by Crippen LogP contribution is -2.32. The van der Waals surface area contributed by atoms with Gasteiger partial charge in [0.25, 0.3) is 0 Å². The van der Waals surface area contributed by atoms with E-state index >= 15 is 0 Å². The van der Waals surface area contributed by atoms with Gasteiger partial charge in [0.2, 0.25) is 0 Å². The fraction of sp³-hybridized carbons (Fsp3) is 0. The lowest BCUT2D eigenvalue weighted by molar-refractivity contribution is 0.472. The molecule has 3 heterocycles. The van der Waals surface area contributed by atoms with E-state index in [1.165, 1.54) is 6.34 Å². The van der Waals surface area contributed by atoms with E-state index in [-0.39, 0.29) is 0 Å². The first kappa shape index (κ1) is 7.35. The van der Waals surface area contributed by atoms with Crippen LogP contribution in [0.4, 0.5) is 0 Å². The van der Waals surface area contributed by atoms with Gasteiger partial charge in [-0.25, -0.2) is 9.98 Å². The highest BCUT2D eigenvalue weighted by Crippen LogP contribution is 2.17. The van der Waals surface area contributed by atoms with Gasteiger partial charge in [-0.1, -0.05) is 0 Å². The van der Waals surface area contributed by atoms with Crippen LogP contribution in [-0.2, 0) is 4.65 Å². The standard InChI is InChI=1S/C8H4BN4O/c1-2-10-5-12-7-6(1)14-9-8-11-3-4-13(7)8/h1,3-5H. The zero-order valence-electron chi connectivity index (χ0n) is 7.08. The Morgan fingerprint density at radius 2 is 2.50 bits per heavy atom. The summed E-state index contributed by atoms with van der Waals surface area (Å²) in [5.41, 5.74) is 0.719. The average molecular weight is 183 g/mol. The van der Waals surface area contributed by atoms with Crippen LogP contribution in [0.1, 0.15) is 0 Å². The zero-order chi connectivity index (χ0) is 9.38. The van der Waals surface area contributed by atoms with E-state index < -0.39 is 0 Å². The number of hydrogen-bond acceptors (Lipinski definition) is 4. The third kappa shape index (κ3) is 0.947. The molecule has 2 aliphatic rings. The highest BCUT2D eigenvalue weighted by molar-refractivity contribution is 6.46. The van der Waals surface area contributed by atoms with Crippen molar-refractivity contribution in [2.24, 2.45) is 9.98 Å². The summed E-state index contributed by atoms with van der Waals surface area (Å²) in [4.78, 5) is 12.0. The summed E-state index contributed by atoms with van der Waals surface area (Å²) in [7, 11) is 1.57. The molecule has 0 N–H and O–H groups in total. The molecule has 1 radical (unpaired) electrons. The second kappa shape index (κ2) is 2.72. The van der Waals surface area contributed by atoms with Crippen LogP contribution >= 0.6 is 0 Å². The van der Waals surface area contributed by atoms with Gasteiger partial charge >= 0.3 is 7.48 Å². The summed E-state index contributed by atoms with van der Waals surface area (Å²) >= 11 is 0. The molecule has 65 valence electrons. The Hall–Kier alpha value is -2.07. The topological polar surface area (TPSA) is 51.8 Å². The maximum absolute atomic E-state index is 5.33. The van der Waals surface area contributed by atoms with Gasteiger partial charge in [0.15, 0.2) is 11.6 Å². The molecule has 0 aromatic carbocycles. The van der Waals surface area contributed by atoms with E-state index in [0.717, 1.165) is 5.72 Å². The number of aromatic nitrogens is 2. The number of rotatable bonds is 0. The van der Waals surface area contributed by atoms with Gasteiger partial charge in [-0.15, -0.1) is 0 Å². The molecule has 6 heteroatoms. The smallest absolute Gasteiger partial charge is 0.450 e. The molecule has 1 aromatic heterocycles. The van der Waals surface area contributed by atoms with Crippen LogP contribution in [0.2, 0.25) is 0 Å². The van der Waals surface area contributed by atoms with E-state index in [9.17, 15) is 0 Å². The predicted molar refractivity (Wildman–Crippen MR) is 52.4 cm³/mol. The van der Waals surface area contributed by atoms with E-state index in [1.807, 2.05) is 10.8 Å². The molecular weight excluding hydrogens is 179 g/mol. The largest absolute Gasteiger partial charge is 0.552 e. The van der Waals surface area contributed by atoms with Gasteiger partial charge in [0.05, 0.1) is 0 Å². The first-order valence-corrected chi connectivity index (χ1v) is 4.04. The van der Waals surface area contributed by atoms with Crippen molar-refractivity contribution in [1.82, 2.24) is 9.55 Å². The van der Waals surface area contributed by atoms with Crippen molar-refractivity contribution in [3.8, 4) is 0 Å². The van der Waals surface area contributed by atoms with Crippen molar-refractivity contribution < 1.29 is 4.65 Å². The van der Waals surface area contributed by atoms with E-state index in [0.29, 0.717) is 11.6 Å². The van der Waals surface area contributed by atoms with Crippen molar-refractivity contribution in [3.63, 3.8) is 0 Å². The van der Waals surface area contributed by atoms with Gasteiger partial charge in [-0.3, -0.25) is 4.57 Å². The number of aliphatic imine (C=N–C) groups is 2. The minimum atomic E-state index is 0.619. The molecule has 0 saturated carbocycles. The number of fused-ring (bicyclic) bond motifs is 2. The van der Waals surface area contributed by atoms with Crippen LogP contribution < -0.4 is 5.72 Å². The quantitative estimate of drug-likeness (QED) is 0.511. The predicted octanol–water partition coefficient (Wildman–Crippen LogP) is -0.448. The van der Waals surface area contributed by atoms with Crippen LogP contribution in [0.15, 0.2) is 34.2 Å². The lowest BCUT2D eigenvalue weighted by atomic mass is 9.98. The Balaban J connectivity index is 2.24. The third-order valence-electron chi connectivity index (χ3n) is 1.92.